The summed E-state index contributed by atoms with van der Waals surface area (Å²) in [4.78, 5) is 0. The van der Waals surface area contributed by atoms with Gasteiger partial charge in [-0.25, -0.2) is 9.03 Å². The Hall–Kier alpha value is -2.67. The second kappa shape index (κ2) is 6.09. The van der Waals surface area contributed by atoms with Gasteiger partial charge in [0.05, 0.1) is 6.20 Å². The predicted molar refractivity (Wildman–Crippen MR) is 91.9 cm³/mol. The van der Waals surface area contributed by atoms with Crippen LogP contribution in [0.3, 0.4) is 0 Å². The number of nitrogens with one attached hydrogen (secondary N) is 1. The molecule has 0 bridgehead atoms. The molecule has 0 saturated carbocycles. The van der Waals surface area contributed by atoms with Gasteiger partial charge in [0.15, 0.2) is 0 Å². The van der Waals surface area contributed by atoms with Gasteiger partial charge in [0, 0.05) is 0 Å². The van der Waals surface area contributed by atoms with Crippen LogP contribution < -0.4 is 9.03 Å². The van der Waals surface area contributed by atoms with Gasteiger partial charge in [-0.1, -0.05) is 35.9 Å². The highest BCUT2D eigenvalue weighted by Crippen LogP contribution is 2.32. The summed E-state index contributed by atoms with van der Waals surface area (Å²) in [6, 6.07) is 13.1. The first-order chi connectivity index (χ1) is 11.3. The molecule has 24 heavy (non-hydrogen) atoms. The Kier molecular flexibility index (Phi) is 4.11. The van der Waals surface area contributed by atoms with Gasteiger partial charge in [0.1, 0.15) is 11.4 Å². The molecule has 0 fully saturated rings. The molecule has 0 atom stereocenters. The quantitative estimate of drug-likeness (QED) is 0.793. The molecule has 126 valence electrons. The molecule has 7 heteroatoms. The molecule has 1 heterocycles. The first kappa shape index (κ1) is 16.2. The Morgan fingerprint density at radius 3 is 2.21 bits per heavy atom. The van der Waals surface area contributed by atoms with Crippen molar-refractivity contribution in [2.75, 3.05) is 4.31 Å². The molecule has 3 N–H and O–H groups in total. The van der Waals surface area contributed by atoms with E-state index in [-0.39, 0.29) is 11.4 Å². The molecule has 6 nitrogen and oxygen atoms in total. The molecule has 0 unspecified atom stereocenters. The van der Waals surface area contributed by atoms with E-state index in [1.54, 1.807) is 12.1 Å². The van der Waals surface area contributed by atoms with Crippen LogP contribution in [0.2, 0.25) is 0 Å². The Balaban J connectivity index is 1.76. The first-order valence-electron chi connectivity index (χ1n) is 7.45. The van der Waals surface area contributed by atoms with Crippen LogP contribution >= 0.6 is 0 Å². The first-order valence-corrected chi connectivity index (χ1v) is 8.89. The van der Waals surface area contributed by atoms with Crippen LogP contribution in [-0.4, -0.2) is 18.6 Å². The number of aliphatic hydroxyl groups is 1. The fourth-order valence-corrected chi connectivity index (χ4v) is 3.61. The van der Waals surface area contributed by atoms with Crippen LogP contribution in [0, 0.1) is 6.92 Å². The number of phenols is 1. The molecule has 0 radical (unpaired) electrons. The highest BCUT2D eigenvalue weighted by Gasteiger charge is 2.30. The minimum absolute atomic E-state index is 0.0886. The third-order valence-corrected chi connectivity index (χ3v) is 5.12. The number of hydrogen-bond donors (Lipinski definition) is 3. The van der Waals surface area contributed by atoms with Gasteiger partial charge in [0.25, 0.3) is 0 Å². The molecule has 1 aliphatic heterocycles. The number of nitrogens with zero attached hydrogens (tertiary/aromatic N) is 1. The second-order valence-corrected chi connectivity index (χ2v) is 7.27. The Morgan fingerprint density at radius 1 is 1.00 bits per heavy atom. The summed E-state index contributed by atoms with van der Waals surface area (Å²) in [5, 5.41) is 19.5. The lowest BCUT2D eigenvalue weighted by atomic mass is 10.0. The number of anilines is 1. The fourth-order valence-electron chi connectivity index (χ4n) is 2.54. The van der Waals surface area contributed by atoms with Gasteiger partial charge < -0.3 is 10.2 Å². The summed E-state index contributed by atoms with van der Waals surface area (Å²) in [7, 11) is -3.90. The predicted octanol–water partition coefficient (Wildman–Crippen LogP) is 2.50. The van der Waals surface area contributed by atoms with Crippen LogP contribution in [0.5, 0.6) is 5.75 Å². The zero-order valence-electron chi connectivity index (χ0n) is 13.1. The van der Waals surface area contributed by atoms with E-state index in [1.807, 2.05) is 11.6 Å². The van der Waals surface area contributed by atoms with Crippen molar-refractivity contribution >= 4 is 15.9 Å². The number of hydrogen-bond acceptors (Lipinski definition) is 4. The summed E-state index contributed by atoms with van der Waals surface area (Å²) in [6.07, 6.45) is 2.56. The molecular weight excluding hydrogens is 328 g/mol. The van der Waals surface area contributed by atoms with Crippen LogP contribution in [0.1, 0.15) is 16.7 Å². The molecule has 0 aromatic heterocycles. The minimum atomic E-state index is -3.90. The monoisotopic (exact) mass is 346 g/mol. The summed E-state index contributed by atoms with van der Waals surface area (Å²) in [5.74, 6) is -0.648. The maximum atomic E-state index is 11.8. The normalized spacial score (nSPS) is 15.9. The topological polar surface area (TPSA) is 89.9 Å². The van der Waals surface area contributed by atoms with E-state index in [1.165, 1.54) is 17.2 Å². The second-order valence-electron chi connectivity index (χ2n) is 5.73. The van der Waals surface area contributed by atoms with E-state index in [9.17, 15) is 18.6 Å². The van der Waals surface area contributed by atoms with Gasteiger partial charge in [-0.2, -0.15) is 8.42 Å². The molecule has 2 aromatic rings. The SMILES string of the molecule is Cc1ccc(CCc2ccc(N3C=C(O)NS3(=O)=O)c(O)c2)cc1. The third kappa shape index (κ3) is 3.30. The molecule has 0 amide bonds. The summed E-state index contributed by atoms with van der Waals surface area (Å²) in [5.41, 5.74) is 3.39. The van der Waals surface area contributed by atoms with Crippen LogP contribution in [0.25, 0.3) is 0 Å². The number of rotatable bonds is 4. The van der Waals surface area contributed by atoms with E-state index >= 15 is 0 Å². The number of phenolic OH excluding ortho intramolecular Hbond substituents is 1. The third-order valence-electron chi connectivity index (χ3n) is 3.83. The van der Waals surface area contributed by atoms with E-state index in [4.69, 9.17) is 0 Å². The van der Waals surface area contributed by atoms with Crippen LogP contribution in [-0.2, 0) is 23.1 Å². The van der Waals surface area contributed by atoms with Gasteiger partial charge in [0.2, 0.25) is 5.88 Å². The van der Waals surface area contributed by atoms with Crippen molar-refractivity contribution in [2.24, 2.45) is 0 Å². The summed E-state index contributed by atoms with van der Waals surface area (Å²) >= 11 is 0. The maximum Gasteiger partial charge on any atom is 0.330 e. The lowest BCUT2D eigenvalue weighted by molar-refractivity contribution is 0.392. The lowest BCUT2D eigenvalue weighted by Gasteiger charge is -2.16. The molecular formula is C17H18N2O4S. The molecule has 2 aromatic carbocycles. The molecule has 0 aliphatic carbocycles. The van der Waals surface area contributed by atoms with Gasteiger partial charge in [-0.3, -0.25) is 0 Å². The number of aryl methyl sites for hydroxylation is 3. The number of aromatic hydroxyl groups is 1. The van der Waals surface area contributed by atoms with Crippen molar-refractivity contribution in [3.63, 3.8) is 0 Å². The fraction of sp³-hybridized carbons (Fsp3) is 0.176. The molecule has 0 spiro atoms. The summed E-state index contributed by atoms with van der Waals surface area (Å²) in [6.45, 7) is 2.04. The van der Waals surface area contributed by atoms with Gasteiger partial charge in [-0.15, -0.1) is 0 Å². The minimum Gasteiger partial charge on any atom is -0.506 e. The zero-order chi connectivity index (χ0) is 17.3. The van der Waals surface area contributed by atoms with E-state index in [2.05, 4.69) is 24.3 Å². The van der Waals surface area contributed by atoms with Crippen LogP contribution in [0.4, 0.5) is 5.69 Å². The smallest absolute Gasteiger partial charge is 0.330 e. The van der Waals surface area contributed by atoms with Crippen molar-refractivity contribution in [1.82, 2.24) is 4.72 Å². The molecule has 1 aliphatic rings. The van der Waals surface area contributed by atoms with E-state index < -0.39 is 16.1 Å². The zero-order valence-corrected chi connectivity index (χ0v) is 13.9. The van der Waals surface area contributed by atoms with Crippen molar-refractivity contribution in [3.8, 4) is 5.75 Å². The van der Waals surface area contributed by atoms with Gasteiger partial charge >= 0.3 is 10.2 Å². The maximum absolute atomic E-state index is 11.8. The van der Waals surface area contributed by atoms with Crippen molar-refractivity contribution < 1.29 is 18.6 Å². The van der Waals surface area contributed by atoms with Crippen molar-refractivity contribution in [2.45, 2.75) is 19.8 Å². The van der Waals surface area contributed by atoms with E-state index in [0.29, 0.717) is 0 Å². The average Bonchev–Trinajstić information content (AvgIpc) is 2.79. The Bertz CT molecular complexity index is 889. The van der Waals surface area contributed by atoms with Crippen molar-refractivity contribution in [3.05, 3.63) is 71.2 Å². The number of benzene rings is 2. The highest BCUT2D eigenvalue weighted by molar-refractivity contribution is 7.91. The van der Waals surface area contributed by atoms with E-state index in [0.717, 1.165) is 28.9 Å². The number of aliphatic hydroxyl groups excluding tert-OH is 1. The Morgan fingerprint density at radius 2 is 1.62 bits per heavy atom. The lowest BCUT2D eigenvalue weighted by Crippen LogP contribution is -2.29. The van der Waals surface area contributed by atoms with Crippen molar-refractivity contribution in [1.29, 1.82) is 0 Å². The summed E-state index contributed by atoms with van der Waals surface area (Å²) < 4.78 is 26.4. The Labute approximate surface area is 140 Å². The molecule has 3 rings (SSSR count). The average molecular weight is 346 g/mol. The largest absolute Gasteiger partial charge is 0.506 e. The molecule has 0 saturated heterocycles. The van der Waals surface area contributed by atoms with Crippen LogP contribution in [0.15, 0.2) is 54.5 Å². The standard InChI is InChI=1S/C17H18N2O4S/c1-12-2-4-13(5-3-12)6-7-14-8-9-15(16(20)10-14)19-11-17(21)18-24(19,22)23/h2-5,8-11,18,20-21H,6-7H2,1H3. The highest BCUT2D eigenvalue weighted by atomic mass is 32.2. The van der Waals surface area contributed by atoms with Gasteiger partial charge in [-0.05, 0) is 43.0 Å².